The van der Waals surface area contributed by atoms with E-state index in [4.69, 9.17) is 4.74 Å². The second kappa shape index (κ2) is 12.2. The highest BCUT2D eigenvalue weighted by molar-refractivity contribution is 5.85. The average molecular weight is 546 g/mol. The number of fused-ring (bicyclic) bond motifs is 1. The van der Waals surface area contributed by atoms with Crippen LogP contribution in [0.2, 0.25) is 0 Å². The van der Waals surface area contributed by atoms with Crippen LogP contribution in [0.5, 0.6) is 0 Å². The highest BCUT2D eigenvalue weighted by atomic mass is 19.3. The fourth-order valence-electron chi connectivity index (χ4n) is 5.22. The Morgan fingerprint density at radius 3 is 2.54 bits per heavy atom. The van der Waals surface area contributed by atoms with Crippen molar-refractivity contribution in [3.63, 3.8) is 0 Å². The van der Waals surface area contributed by atoms with Crippen LogP contribution < -0.4 is 5.32 Å². The Morgan fingerprint density at radius 1 is 1.18 bits per heavy atom. The first kappa shape index (κ1) is 29.2. The number of rotatable bonds is 11. The van der Waals surface area contributed by atoms with Gasteiger partial charge in [-0.25, -0.2) is 4.39 Å². The zero-order valence-electron chi connectivity index (χ0n) is 22.8. The van der Waals surface area contributed by atoms with Gasteiger partial charge < -0.3 is 20.1 Å². The third-order valence-corrected chi connectivity index (χ3v) is 7.31. The van der Waals surface area contributed by atoms with Crippen molar-refractivity contribution in [1.29, 1.82) is 0 Å². The van der Waals surface area contributed by atoms with E-state index in [9.17, 15) is 14.3 Å². The standard InChI is InChI=1S/C30H38F3N3O3/c1-20(2)39-29(3)12-11-24(18-34-29)27(37)26(19-36-14-4-5-15-36)35-28(38)30(32,33)13-10-21-6-7-23-17-25(31)9-8-22(23)16-21/h6-9,11,16-18,20,26-27,37H,4-5,10,12-15,19H2,1-3H3,(H,35,38)/t26-,27-,29?/m1/s1. The van der Waals surface area contributed by atoms with Crippen molar-refractivity contribution in [3.05, 3.63) is 59.4 Å². The number of aryl methyl sites for hydroxylation is 1. The van der Waals surface area contributed by atoms with Gasteiger partial charge in [0.05, 0.1) is 12.1 Å². The minimum atomic E-state index is -3.64. The van der Waals surface area contributed by atoms with Gasteiger partial charge in [-0.15, -0.1) is 0 Å². The topological polar surface area (TPSA) is 74.2 Å². The van der Waals surface area contributed by atoms with Gasteiger partial charge in [-0.2, -0.15) is 8.78 Å². The number of amides is 1. The van der Waals surface area contributed by atoms with Crippen LogP contribution in [0.15, 0.2) is 53.0 Å². The lowest BCUT2D eigenvalue weighted by molar-refractivity contribution is -0.148. The first-order chi connectivity index (χ1) is 18.4. The number of carbonyl (C=O) groups is 1. The maximum atomic E-state index is 15.1. The number of hydrogen-bond acceptors (Lipinski definition) is 5. The molecular weight excluding hydrogens is 507 g/mol. The third kappa shape index (κ3) is 7.68. The molecule has 2 N–H and O–H groups in total. The molecule has 6 nitrogen and oxygen atoms in total. The van der Waals surface area contributed by atoms with Crippen LogP contribution in [0.25, 0.3) is 10.8 Å². The minimum Gasteiger partial charge on any atom is -0.386 e. The lowest BCUT2D eigenvalue weighted by Gasteiger charge is -2.33. The van der Waals surface area contributed by atoms with Gasteiger partial charge in [-0.1, -0.05) is 30.3 Å². The van der Waals surface area contributed by atoms with Crippen LogP contribution in [0, 0.1) is 5.82 Å². The zero-order valence-corrected chi connectivity index (χ0v) is 22.8. The van der Waals surface area contributed by atoms with Crippen LogP contribution in [0.3, 0.4) is 0 Å². The first-order valence-corrected chi connectivity index (χ1v) is 13.6. The summed E-state index contributed by atoms with van der Waals surface area (Å²) in [5, 5.41) is 15.0. The molecule has 2 heterocycles. The van der Waals surface area contributed by atoms with Crippen molar-refractivity contribution in [2.75, 3.05) is 19.6 Å². The van der Waals surface area contributed by atoms with Gasteiger partial charge in [0, 0.05) is 25.6 Å². The molecule has 0 bridgehead atoms. The number of dihydropyridines is 1. The van der Waals surface area contributed by atoms with E-state index >= 15 is 8.78 Å². The molecule has 2 aliphatic heterocycles. The number of benzene rings is 2. The van der Waals surface area contributed by atoms with Crippen LogP contribution in [-0.4, -0.2) is 71.7 Å². The summed E-state index contributed by atoms with van der Waals surface area (Å²) in [6, 6.07) is 8.47. The number of hydrogen-bond donors (Lipinski definition) is 2. The van der Waals surface area contributed by atoms with Crippen molar-refractivity contribution < 1.29 is 27.8 Å². The number of likely N-dealkylation sites (tertiary alicyclic amines) is 1. The summed E-state index contributed by atoms with van der Waals surface area (Å²) in [4.78, 5) is 19.4. The largest absolute Gasteiger partial charge is 0.386 e. The van der Waals surface area contributed by atoms with Crippen LogP contribution in [0.4, 0.5) is 13.2 Å². The molecule has 212 valence electrons. The van der Waals surface area contributed by atoms with Crippen molar-refractivity contribution in [2.45, 2.75) is 82.8 Å². The Hall–Kier alpha value is -2.75. The Kier molecular flexibility index (Phi) is 9.14. The van der Waals surface area contributed by atoms with Gasteiger partial charge in [-0.3, -0.25) is 9.79 Å². The quantitative estimate of drug-likeness (QED) is 0.416. The molecule has 0 aliphatic carbocycles. The van der Waals surface area contributed by atoms with Crippen molar-refractivity contribution in [1.82, 2.24) is 10.2 Å². The van der Waals surface area contributed by atoms with Gasteiger partial charge >= 0.3 is 5.92 Å². The highest BCUT2D eigenvalue weighted by Gasteiger charge is 2.41. The molecule has 4 rings (SSSR count). The minimum absolute atomic E-state index is 0.0284. The molecule has 1 amide bonds. The predicted octanol–water partition coefficient (Wildman–Crippen LogP) is 5.03. The summed E-state index contributed by atoms with van der Waals surface area (Å²) < 4.78 is 49.4. The van der Waals surface area contributed by atoms with Crippen molar-refractivity contribution in [3.8, 4) is 0 Å². The fraction of sp³-hybridized carbons (Fsp3) is 0.533. The molecule has 2 aromatic rings. The molecular formula is C30H38F3N3O3. The van der Waals surface area contributed by atoms with E-state index in [2.05, 4.69) is 15.2 Å². The van der Waals surface area contributed by atoms with E-state index in [-0.39, 0.29) is 24.9 Å². The number of nitrogens with zero attached hydrogens (tertiary/aromatic N) is 2. The Bertz CT molecular complexity index is 1230. The molecule has 9 heteroatoms. The summed E-state index contributed by atoms with van der Waals surface area (Å²) in [5.41, 5.74) is 0.348. The molecule has 1 saturated heterocycles. The summed E-state index contributed by atoms with van der Waals surface area (Å²) in [7, 11) is 0. The fourth-order valence-corrected chi connectivity index (χ4v) is 5.22. The second-order valence-corrected chi connectivity index (χ2v) is 11.1. The predicted molar refractivity (Wildman–Crippen MR) is 147 cm³/mol. The lowest BCUT2D eigenvalue weighted by Crippen LogP contribution is -2.55. The summed E-state index contributed by atoms with van der Waals surface area (Å²) in [6.45, 7) is 7.51. The molecule has 0 saturated carbocycles. The maximum absolute atomic E-state index is 15.1. The molecule has 2 aliphatic rings. The summed E-state index contributed by atoms with van der Waals surface area (Å²) in [5.74, 6) is -5.41. The van der Waals surface area contributed by atoms with Crippen LogP contribution >= 0.6 is 0 Å². The normalized spacial score (nSPS) is 21.8. The number of aliphatic hydroxyl groups excluding tert-OH is 1. The molecule has 2 aromatic carbocycles. The third-order valence-electron chi connectivity index (χ3n) is 7.31. The van der Waals surface area contributed by atoms with E-state index in [0.29, 0.717) is 22.9 Å². The SMILES string of the molecule is CC(C)OC1(C)CC=C([C@@H](O)[C@@H](CN2CCCC2)NC(=O)C(F)(F)CCc2ccc3cc(F)ccc3c2)C=N1. The van der Waals surface area contributed by atoms with E-state index in [1.165, 1.54) is 18.3 Å². The number of nitrogens with one attached hydrogen (secondary N) is 1. The maximum Gasteiger partial charge on any atom is 0.324 e. The molecule has 1 unspecified atom stereocenters. The number of aliphatic hydroxyl groups is 1. The van der Waals surface area contributed by atoms with E-state index in [1.807, 2.05) is 20.8 Å². The second-order valence-electron chi connectivity index (χ2n) is 11.1. The van der Waals surface area contributed by atoms with E-state index < -0.39 is 36.1 Å². The summed E-state index contributed by atoms with van der Waals surface area (Å²) >= 11 is 0. The number of halogens is 3. The van der Waals surface area contributed by atoms with Crippen molar-refractivity contribution >= 4 is 22.9 Å². The summed E-state index contributed by atoms with van der Waals surface area (Å²) in [6.07, 6.45) is 3.77. The van der Waals surface area contributed by atoms with E-state index in [1.54, 1.807) is 30.3 Å². The Labute approximate surface area is 227 Å². The van der Waals surface area contributed by atoms with Crippen LogP contribution in [0.1, 0.15) is 52.0 Å². The molecule has 0 radical (unpaired) electrons. The van der Waals surface area contributed by atoms with Gasteiger partial charge in [0.1, 0.15) is 11.9 Å². The van der Waals surface area contributed by atoms with Crippen molar-refractivity contribution in [2.24, 2.45) is 4.99 Å². The first-order valence-electron chi connectivity index (χ1n) is 13.6. The number of carbonyl (C=O) groups excluding carboxylic acids is 1. The molecule has 39 heavy (non-hydrogen) atoms. The molecule has 3 atom stereocenters. The molecule has 0 aromatic heterocycles. The van der Waals surface area contributed by atoms with Gasteiger partial charge in [-0.05, 0) is 87.2 Å². The van der Waals surface area contributed by atoms with Gasteiger partial charge in [0.2, 0.25) is 0 Å². The molecule has 0 spiro atoms. The van der Waals surface area contributed by atoms with Gasteiger partial charge in [0.15, 0.2) is 5.72 Å². The monoisotopic (exact) mass is 545 g/mol. The number of aliphatic imine (C=N–C) groups is 1. The number of alkyl halides is 2. The highest BCUT2D eigenvalue weighted by Crippen LogP contribution is 2.28. The average Bonchev–Trinajstić information content (AvgIpc) is 3.39. The van der Waals surface area contributed by atoms with Crippen LogP contribution in [-0.2, 0) is 16.0 Å². The molecule has 1 fully saturated rings. The van der Waals surface area contributed by atoms with E-state index in [0.717, 1.165) is 31.3 Å². The lowest BCUT2D eigenvalue weighted by atomic mass is 9.96. The Morgan fingerprint density at radius 2 is 1.87 bits per heavy atom. The Balaban J connectivity index is 1.42. The zero-order chi connectivity index (χ0) is 28.2. The van der Waals surface area contributed by atoms with Gasteiger partial charge in [0.25, 0.3) is 5.91 Å². The number of ether oxygens (including phenoxy) is 1. The smallest absolute Gasteiger partial charge is 0.324 e.